The van der Waals surface area contributed by atoms with Crippen LogP contribution in [0.2, 0.25) is 0 Å². The molecule has 0 aromatic rings. The van der Waals surface area contributed by atoms with E-state index in [1.165, 1.54) is 148 Å². The Morgan fingerprint density at radius 3 is 0.689 bits per heavy atom. The Morgan fingerprint density at radius 2 is 0.467 bits per heavy atom. The molecular weight excluding hydrogens is 1190 g/mol. The summed E-state index contributed by atoms with van der Waals surface area (Å²) < 4.78 is 68.3. The van der Waals surface area contributed by atoms with Crippen LogP contribution in [-0.4, -0.2) is 96.7 Å². The third kappa shape index (κ3) is 64.8. The van der Waals surface area contributed by atoms with Gasteiger partial charge in [0.1, 0.15) is 19.3 Å². The fourth-order valence-electron chi connectivity index (χ4n) is 10.7. The first-order valence-corrected chi connectivity index (χ1v) is 39.7. The normalized spacial score (nSPS) is 14.3. The Kier molecular flexibility index (Phi) is 59.4. The molecule has 0 aliphatic carbocycles. The number of esters is 4. The van der Waals surface area contributed by atoms with E-state index >= 15 is 0 Å². The van der Waals surface area contributed by atoms with Crippen molar-refractivity contribution in [3.05, 3.63) is 0 Å². The molecule has 5 atom stereocenters. The van der Waals surface area contributed by atoms with Crippen molar-refractivity contribution in [2.45, 2.75) is 369 Å². The average Bonchev–Trinajstić information content (AvgIpc) is 3.13. The van der Waals surface area contributed by atoms with Crippen molar-refractivity contribution in [1.82, 2.24) is 0 Å². The van der Waals surface area contributed by atoms with Gasteiger partial charge in [0.25, 0.3) is 0 Å². The zero-order valence-corrected chi connectivity index (χ0v) is 60.6. The second kappa shape index (κ2) is 60.7. The lowest BCUT2D eigenvalue weighted by Gasteiger charge is -2.21. The minimum absolute atomic E-state index is 0.104. The van der Waals surface area contributed by atoms with Gasteiger partial charge in [0, 0.05) is 25.7 Å². The van der Waals surface area contributed by atoms with Crippen molar-refractivity contribution in [1.29, 1.82) is 0 Å². The lowest BCUT2D eigenvalue weighted by Crippen LogP contribution is -2.30. The summed E-state index contributed by atoms with van der Waals surface area (Å²) in [6.45, 7) is 14.0. The number of carbonyl (C=O) groups excluding carboxylic acids is 4. The number of unbranched alkanes of at least 4 members (excludes halogenated alkanes) is 34. The summed E-state index contributed by atoms with van der Waals surface area (Å²) in [6, 6.07) is 0. The van der Waals surface area contributed by atoms with E-state index in [4.69, 9.17) is 37.0 Å². The standard InChI is InChI=1S/C71H138O17P2/c1-61(2)47-39-31-23-17-14-12-10-9-11-13-15-19-27-37-45-53-70(75)87-67(58-82-69(74)52-44-36-30-29-34-42-50-64(7)8)60-86-90(79,80)84-56-65(72)55-83-89(77,78)85-59-66(88-71(76)54-46-38-28-22-21-25-33-41-49-63(5)6)57-81-68(73)51-43-35-26-20-16-18-24-32-40-48-62(3)4/h61-67,72H,9-60H2,1-8H3,(H,77,78)(H,79,80)/t65?,66-,67-/m1/s1. The summed E-state index contributed by atoms with van der Waals surface area (Å²) >= 11 is 0. The van der Waals surface area contributed by atoms with Crippen molar-refractivity contribution in [2.24, 2.45) is 23.7 Å². The summed E-state index contributed by atoms with van der Waals surface area (Å²) in [5.74, 6) is 0.813. The quantitative estimate of drug-likeness (QED) is 0.0222. The van der Waals surface area contributed by atoms with Crippen LogP contribution in [0.3, 0.4) is 0 Å². The Hall–Kier alpha value is -1.94. The van der Waals surface area contributed by atoms with Gasteiger partial charge in [-0.1, -0.05) is 299 Å². The summed E-state index contributed by atoms with van der Waals surface area (Å²) in [6.07, 6.45) is 43.3. The van der Waals surface area contributed by atoms with Gasteiger partial charge < -0.3 is 33.8 Å². The molecule has 0 amide bonds. The Bertz CT molecular complexity index is 1780. The summed E-state index contributed by atoms with van der Waals surface area (Å²) in [5.41, 5.74) is 0. The topological polar surface area (TPSA) is 237 Å². The predicted octanol–water partition coefficient (Wildman–Crippen LogP) is 20.1. The molecule has 0 fully saturated rings. The molecule has 0 bridgehead atoms. The Balaban J connectivity index is 5.20. The smallest absolute Gasteiger partial charge is 0.462 e. The number of hydrogen-bond acceptors (Lipinski definition) is 15. The number of phosphoric ester groups is 2. The highest BCUT2D eigenvalue weighted by Crippen LogP contribution is 2.45. The minimum Gasteiger partial charge on any atom is -0.462 e. The van der Waals surface area contributed by atoms with Crippen molar-refractivity contribution in [3.63, 3.8) is 0 Å². The van der Waals surface area contributed by atoms with Gasteiger partial charge in [-0.15, -0.1) is 0 Å². The van der Waals surface area contributed by atoms with Gasteiger partial charge in [-0.25, -0.2) is 9.13 Å². The second-order valence-electron chi connectivity index (χ2n) is 27.5. The van der Waals surface area contributed by atoms with Crippen LogP contribution in [-0.2, 0) is 65.4 Å². The average molecular weight is 1330 g/mol. The highest BCUT2D eigenvalue weighted by molar-refractivity contribution is 7.47. The zero-order valence-electron chi connectivity index (χ0n) is 58.8. The maximum absolute atomic E-state index is 13.0. The lowest BCUT2D eigenvalue weighted by molar-refractivity contribution is -0.161. The molecular formula is C71H138O17P2. The molecule has 0 aliphatic rings. The number of rotatable bonds is 68. The largest absolute Gasteiger partial charge is 0.472 e. The van der Waals surface area contributed by atoms with Crippen LogP contribution in [0.1, 0.15) is 351 Å². The molecule has 0 saturated heterocycles. The molecule has 0 aliphatic heterocycles. The molecule has 0 rings (SSSR count). The van der Waals surface area contributed by atoms with Crippen LogP contribution in [0, 0.1) is 23.7 Å². The van der Waals surface area contributed by atoms with E-state index in [9.17, 15) is 43.2 Å². The van der Waals surface area contributed by atoms with Gasteiger partial charge in [0.15, 0.2) is 12.2 Å². The molecule has 534 valence electrons. The van der Waals surface area contributed by atoms with E-state index in [2.05, 4.69) is 55.4 Å². The van der Waals surface area contributed by atoms with Crippen molar-refractivity contribution in [2.75, 3.05) is 39.6 Å². The van der Waals surface area contributed by atoms with E-state index in [1.807, 2.05) is 0 Å². The molecule has 3 N–H and O–H groups in total. The van der Waals surface area contributed by atoms with Gasteiger partial charge in [-0.3, -0.25) is 37.3 Å². The monoisotopic (exact) mass is 1320 g/mol. The van der Waals surface area contributed by atoms with Crippen molar-refractivity contribution in [3.8, 4) is 0 Å². The van der Waals surface area contributed by atoms with Crippen LogP contribution >= 0.6 is 15.6 Å². The van der Waals surface area contributed by atoms with Crippen LogP contribution in [0.25, 0.3) is 0 Å². The van der Waals surface area contributed by atoms with E-state index in [-0.39, 0.29) is 25.7 Å². The van der Waals surface area contributed by atoms with Crippen LogP contribution < -0.4 is 0 Å². The lowest BCUT2D eigenvalue weighted by atomic mass is 10.0. The SMILES string of the molecule is CC(C)CCCCCCCCCCCCCCCCCC(=O)O[C@H](COC(=O)CCCCCCCCC(C)C)COP(=O)(O)OCC(O)COP(=O)(O)OC[C@@H](COC(=O)CCCCCCCCCCCC(C)C)OC(=O)CCCCCCCCCCC(C)C. The highest BCUT2D eigenvalue weighted by Gasteiger charge is 2.30. The molecule has 0 radical (unpaired) electrons. The molecule has 0 aromatic carbocycles. The molecule has 0 spiro atoms. The zero-order chi connectivity index (χ0) is 66.8. The molecule has 19 heteroatoms. The third-order valence-electron chi connectivity index (χ3n) is 16.3. The maximum atomic E-state index is 13.0. The number of aliphatic hydroxyl groups excluding tert-OH is 1. The maximum Gasteiger partial charge on any atom is 0.472 e. The van der Waals surface area contributed by atoms with Crippen LogP contribution in [0.5, 0.6) is 0 Å². The molecule has 90 heavy (non-hydrogen) atoms. The molecule has 0 heterocycles. The summed E-state index contributed by atoms with van der Waals surface area (Å²) in [4.78, 5) is 72.5. The summed E-state index contributed by atoms with van der Waals surface area (Å²) in [7, 11) is -9.90. The van der Waals surface area contributed by atoms with Crippen LogP contribution in [0.4, 0.5) is 0 Å². The first-order chi connectivity index (χ1) is 43.1. The van der Waals surface area contributed by atoms with Gasteiger partial charge in [0.2, 0.25) is 0 Å². The van der Waals surface area contributed by atoms with Crippen molar-refractivity contribution >= 4 is 39.5 Å². The Labute approximate surface area is 549 Å². The number of hydrogen-bond donors (Lipinski definition) is 3. The fraction of sp³-hybridized carbons (Fsp3) is 0.944. The minimum atomic E-state index is -4.95. The molecule has 17 nitrogen and oxygen atoms in total. The number of ether oxygens (including phenoxy) is 4. The molecule has 0 saturated carbocycles. The van der Waals surface area contributed by atoms with Crippen LogP contribution in [0.15, 0.2) is 0 Å². The van der Waals surface area contributed by atoms with E-state index < -0.39 is 97.5 Å². The van der Waals surface area contributed by atoms with E-state index in [0.717, 1.165) is 114 Å². The van der Waals surface area contributed by atoms with Gasteiger partial charge in [-0.2, -0.15) is 0 Å². The third-order valence-corrected chi connectivity index (χ3v) is 18.2. The fourth-order valence-corrected chi connectivity index (χ4v) is 12.2. The highest BCUT2D eigenvalue weighted by atomic mass is 31.2. The Morgan fingerprint density at radius 1 is 0.278 bits per heavy atom. The van der Waals surface area contributed by atoms with Gasteiger partial charge >= 0.3 is 39.5 Å². The number of aliphatic hydroxyl groups is 1. The molecule has 3 unspecified atom stereocenters. The number of phosphoric acid groups is 2. The number of carbonyl (C=O) groups is 4. The summed E-state index contributed by atoms with van der Waals surface area (Å²) in [5, 5.41) is 10.6. The van der Waals surface area contributed by atoms with E-state index in [0.29, 0.717) is 31.6 Å². The second-order valence-corrected chi connectivity index (χ2v) is 30.4. The molecule has 0 aromatic heterocycles. The van der Waals surface area contributed by atoms with Crippen molar-refractivity contribution < 1.29 is 80.2 Å². The predicted molar refractivity (Wildman–Crippen MR) is 363 cm³/mol. The van der Waals surface area contributed by atoms with Gasteiger partial charge in [0.05, 0.1) is 26.4 Å². The van der Waals surface area contributed by atoms with E-state index in [1.54, 1.807) is 0 Å². The van der Waals surface area contributed by atoms with Gasteiger partial charge in [-0.05, 0) is 49.4 Å². The first-order valence-electron chi connectivity index (χ1n) is 36.7. The first kappa shape index (κ1) is 88.1.